The Morgan fingerprint density at radius 1 is 1.45 bits per heavy atom. The second kappa shape index (κ2) is 7.70. The first-order valence-electron chi connectivity index (χ1n) is 6.97. The van der Waals surface area contributed by atoms with E-state index in [1.807, 2.05) is 11.8 Å². The minimum atomic E-state index is -0.0493. The van der Waals surface area contributed by atoms with E-state index in [-0.39, 0.29) is 24.0 Å². The van der Waals surface area contributed by atoms with Crippen LogP contribution in [0.1, 0.15) is 25.7 Å². The monoisotopic (exact) mass is 302 g/mol. The molecule has 3 atom stereocenters. The van der Waals surface area contributed by atoms with Crippen LogP contribution < -0.4 is 21.8 Å². The molecule has 0 saturated carbocycles. The van der Waals surface area contributed by atoms with Gasteiger partial charge in [-0.3, -0.25) is 4.79 Å². The number of rotatable bonds is 8. The molecule has 7 nitrogen and oxygen atoms in total. The van der Waals surface area contributed by atoms with Gasteiger partial charge in [-0.05, 0) is 12.8 Å². The lowest BCUT2D eigenvalue weighted by Gasteiger charge is -2.16. The maximum atomic E-state index is 11.5. The van der Waals surface area contributed by atoms with Crippen LogP contribution in [0.3, 0.4) is 0 Å². The van der Waals surface area contributed by atoms with E-state index in [1.54, 1.807) is 0 Å². The zero-order valence-electron chi connectivity index (χ0n) is 11.4. The Balaban J connectivity index is 1.55. The van der Waals surface area contributed by atoms with Gasteiger partial charge in [0.15, 0.2) is 0 Å². The van der Waals surface area contributed by atoms with E-state index < -0.39 is 0 Å². The normalized spacial score (nSPS) is 27.9. The van der Waals surface area contributed by atoms with Gasteiger partial charge < -0.3 is 20.8 Å². The van der Waals surface area contributed by atoms with Crippen molar-refractivity contribution >= 4 is 23.7 Å². The lowest BCUT2D eigenvalue weighted by molar-refractivity contribution is -0.121. The summed E-state index contributed by atoms with van der Waals surface area (Å²) in [7, 11) is 0. The summed E-state index contributed by atoms with van der Waals surface area (Å²) < 4.78 is 0. The van der Waals surface area contributed by atoms with Crippen molar-refractivity contribution in [3.8, 4) is 0 Å². The molecule has 0 aliphatic carbocycles. The molecule has 114 valence electrons. The lowest BCUT2D eigenvalue weighted by Crippen LogP contribution is -2.36. The Labute approximate surface area is 122 Å². The molecule has 2 saturated heterocycles. The average Bonchev–Trinajstić information content (AvgIpc) is 2.95. The van der Waals surface area contributed by atoms with Crippen LogP contribution in [0.2, 0.25) is 0 Å². The fraction of sp³-hybridized carbons (Fsp3) is 0.833. The Morgan fingerprint density at radius 3 is 3.10 bits per heavy atom. The average molecular weight is 302 g/mol. The first-order chi connectivity index (χ1) is 9.70. The summed E-state index contributed by atoms with van der Waals surface area (Å²) in [5, 5.41) is 9.10. The number of nitrogens with two attached hydrogens (primary N) is 1. The minimum Gasteiger partial charge on any atom is -0.354 e. The molecule has 0 radical (unpaired) electrons. The van der Waals surface area contributed by atoms with Crippen molar-refractivity contribution in [1.82, 2.24) is 16.0 Å². The largest absolute Gasteiger partial charge is 0.354 e. The first-order valence-corrected chi connectivity index (χ1v) is 8.02. The number of carbonyl (C=O) groups is 2. The standard InChI is InChI=1S/C12H22N4O3S/c13-19-6-5-14-10(17)4-2-1-3-9-11-8(7-20-9)15-12(18)16-11/h8-9,11H,1-7,13H2,(H,14,17)(H2,15,16,18)/t8?,9-,11?/m1/s1. The molecule has 0 aromatic carbocycles. The molecule has 2 rings (SSSR count). The molecule has 3 amide bonds. The molecule has 2 aliphatic rings. The van der Waals surface area contributed by atoms with Gasteiger partial charge in [-0.15, -0.1) is 0 Å². The Kier molecular flexibility index (Phi) is 5.93. The maximum Gasteiger partial charge on any atom is 0.315 e. The first kappa shape index (κ1) is 15.4. The van der Waals surface area contributed by atoms with Crippen molar-refractivity contribution in [1.29, 1.82) is 0 Å². The molecule has 0 bridgehead atoms. The van der Waals surface area contributed by atoms with Gasteiger partial charge in [0.1, 0.15) is 0 Å². The van der Waals surface area contributed by atoms with Crippen LogP contribution in [0.25, 0.3) is 0 Å². The van der Waals surface area contributed by atoms with Gasteiger partial charge >= 0.3 is 6.03 Å². The van der Waals surface area contributed by atoms with Crippen LogP contribution in [0.15, 0.2) is 0 Å². The van der Waals surface area contributed by atoms with Crippen LogP contribution in [0.4, 0.5) is 4.79 Å². The summed E-state index contributed by atoms with van der Waals surface area (Å²) in [5.41, 5.74) is 0. The Hall–Kier alpha value is -0.990. The van der Waals surface area contributed by atoms with Crippen molar-refractivity contribution in [2.24, 2.45) is 5.90 Å². The molecule has 2 unspecified atom stereocenters. The molecular formula is C12H22N4O3S. The van der Waals surface area contributed by atoms with Gasteiger partial charge in [0.2, 0.25) is 5.91 Å². The number of urea groups is 1. The minimum absolute atomic E-state index is 0.0369. The third kappa shape index (κ3) is 4.26. The van der Waals surface area contributed by atoms with Crippen molar-refractivity contribution in [3.63, 3.8) is 0 Å². The fourth-order valence-electron chi connectivity index (χ4n) is 2.61. The number of unbranched alkanes of at least 4 members (excludes halogenated alkanes) is 1. The number of carbonyl (C=O) groups excluding carboxylic acids is 2. The molecule has 2 fully saturated rings. The van der Waals surface area contributed by atoms with Crippen LogP contribution in [0, 0.1) is 0 Å². The number of nitrogens with one attached hydrogen (secondary N) is 3. The van der Waals surface area contributed by atoms with Crippen molar-refractivity contribution in [2.45, 2.75) is 43.0 Å². The lowest BCUT2D eigenvalue weighted by atomic mass is 10.0. The summed E-state index contributed by atoms with van der Waals surface area (Å²) in [6, 6.07) is 0.479. The van der Waals surface area contributed by atoms with E-state index in [0.29, 0.717) is 24.8 Å². The van der Waals surface area contributed by atoms with Gasteiger partial charge in [-0.25, -0.2) is 10.7 Å². The highest BCUT2D eigenvalue weighted by Crippen LogP contribution is 2.33. The Bertz CT molecular complexity index is 356. The van der Waals surface area contributed by atoms with Crippen LogP contribution >= 0.6 is 11.8 Å². The number of thioether (sulfide) groups is 1. The van der Waals surface area contributed by atoms with Gasteiger partial charge in [0.25, 0.3) is 0 Å². The van der Waals surface area contributed by atoms with Crippen LogP contribution in [0.5, 0.6) is 0 Å². The predicted molar refractivity (Wildman–Crippen MR) is 77.1 cm³/mol. The van der Waals surface area contributed by atoms with Crippen molar-refractivity contribution in [2.75, 3.05) is 18.9 Å². The topological polar surface area (TPSA) is 105 Å². The third-order valence-electron chi connectivity index (χ3n) is 3.62. The van der Waals surface area contributed by atoms with E-state index in [0.717, 1.165) is 25.0 Å². The molecule has 0 aromatic rings. The summed E-state index contributed by atoms with van der Waals surface area (Å²) >= 11 is 1.90. The molecular weight excluding hydrogens is 280 g/mol. The number of hydrogen-bond donors (Lipinski definition) is 4. The number of hydrogen-bond acceptors (Lipinski definition) is 5. The van der Waals surface area contributed by atoms with Gasteiger partial charge in [0, 0.05) is 24.0 Å². The highest BCUT2D eigenvalue weighted by molar-refractivity contribution is 8.00. The van der Waals surface area contributed by atoms with Crippen LogP contribution in [-0.4, -0.2) is 48.2 Å². The highest BCUT2D eigenvalue weighted by atomic mass is 32.2. The number of fused-ring (bicyclic) bond motifs is 1. The third-order valence-corrected chi connectivity index (χ3v) is 5.13. The maximum absolute atomic E-state index is 11.5. The van der Waals surface area contributed by atoms with Crippen molar-refractivity contribution < 1.29 is 14.4 Å². The molecule has 2 heterocycles. The zero-order chi connectivity index (χ0) is 14.4. The van der Waals surface area contributed by atoms with Gasteiger partial charge in [-0.1, -0.05) is 6.42 Å². The molecule has 0 aromatic heterocycles. The van der Waals surface area contributed by atoms with E-state index >= 15 is 0 Å². The van der Waals surface area contributed by atoms with E-state index in [9.17, 15) is 9.59 Å². The summed E-state index contributed by atoms with van der Waals surface area (Å²) in [6.07, 6.45) is 3.43. The molecule has 8 heteroatoms. The fourth-order valence-corrected chi connectivity index (χ4v) is 4.16. The van der Waals surface area contributed by atoms with E-state index in [4.69, 9.17) is 5.90 Å². The molecule has 5 N–H and O–H groups in total. The number of amides is 3. The van der Waals surface area contributed by atoms with Gasteiger partial charge in [0.05, 0.1) is 18.7 Å². The molecule has 2 aliphatic heterocycles. The zero-order valence-corrected chi connectivity index (χ0v) is 12.2. The smallest absolute Gasteiger partial charge is 0.315 e. The summed E-state index contributed by atoms with van der Waals surface area (Å²) in [5.74, 6) is 5.89. The second-order valence-electron chi connectivity index (χ2n) is 5.09. The molecule has 20 heavy (non-hydrogen) atoms. The van der Waals surface area contributed by atoms with E-state index in [1.165, 1.54) is 0 Å². The summed E-state index contributed by atoms with van der Waals surface area (Å²) in [4.78, 5) is 27.1. The van der Waals surface area contributed by atoms with E-state index in [2.05, 4.69) is 20.8 Å². The second-order valence-corrected chi connectivity index (χ2v) is 6.36. The van der Waals surface area contributed by atoms with Crippen LogP contribution in [-0.2, 0) is 9.63 Å². The highest BCUT2D eigenvalue weighted by Gasteiger charge is 2.42. The Morgan fingerprint density at radius 2 is 2.30 bits per heavy atom. The SMILES string of the molecule is NOCCNC(=O)CCCC[C@H]1SCC2NC(=O)NC21. The quantitative estimate of drug-likeness (QED) is 0.280. The van der Waals surface area contributed by atoms with Gasteiger partial charge in [-0.2, -0.15) is 11.8 Å². The predicted octanol–water partition coefficient (Wildman–Crippen LogP) is -0.281. The van der Waals surface area contributed by atoms with Crippen molar-refractivity contribution in [3.05, 3.63) is 0 Å². The molecule has 0 spiro atoms. The summed E-state index contributed by atoms with van der Waals surface area (Å²) in [6.45, 7) is 0.787.